The largest absolute Gasteiger partial charge is 0.482 e. The molecule has 0 radical (unpaired) electrons. The molecular formula is C17H23ClN2O4. The van der Waals surface area contributed by atoms with Crippen LogP contribution < -0.4 is 10.1 Å². The van der Waals surface area contributed by atoms with Crippen molar-refractivity contribution in [3.8, 4) is 5.75 Å². The standard InChI is InChI=1S/C17H23ClN2O4/c1-3-20(4-2)16(21)11-24-14-8-7-12(10-13(14)18)19-17(22)15-6-5-9-23-15/h7-8,10,15H,3-6,9,11H2,1-2H3,(H,19,22). The number of anilines is 1. The van der Waals surface area contributed by atoms with Gasteiger partial charge < -0.3 is 19.7 Å². The van der Waals surface area contributed by atoms with Crippen LogP contribution in [-0.4, -0.2) is 49.1 Å². The Labute approximate surface area is 147 Å². The lowest BCUT2D eigenvalue weighted by Gasteiger charge is -2.19. The van der Waals surface area contributed by atoms with Crippen LogP contribution in [0.25, 0.3) is 0 Å². The zero-order chi connectivity index (χ0) is 17.5. The molecule has 24 heavy (non-hydrogen) atoms. The molecule has 6 nitrogen and oxygen atoms in total. The van der Waals surface area contributed by atoms with Crippen LogP contribution in [0.5, 0.6) is 5.75 Å². The summed E-state index contributed by atoms with van der Waals surface area (Å²) in [7, 11) is 0. The molecule has 1 heterocycles. The minimum Gasteiger partial charge on any atom is -0.482 e. The van der Waals surface area contributed by atoms with E-state index in [9.17, 15) is 9.59 Å². The van der Waals surface area contributed by atoms with Gasteiger partial charge in [0.05, 0.1) is 5.02 Å². The van der Waals surface area contributed by atoms with Gasteiger partial charge in [0, 0.05) is 25.4 Å². The van der Waals surface area contributed by atoms with Gasteiger partial charge in [-0.3, -0.25) is 9.59 Å². The minimum absolute atomic E-state index is 0.0664. The summed E-state index contributed by atoms with van der Waals surface area (Å²) in [5.74, 6) is 0.146. The minimum atomic E-state index is -0.397. The maximum absolute atomic E-state index is 12.0. The molecule has 1 atom stereocenters. The Hall–Kier alpha value is -1.79. The molecule has 1 aliphatic heterocycles. The van der Waals surface area contributed by atoms with Crippen LogP contribution in [0.15, 0.2) is 18.2 Å². The van der Waals surface area contributed by atoms with Crippen LogP contribution >= 0.6 is 11.6 Å². The maximum Gasteiger partial charge on any atom is 0.260 e. The molecule has 0 bridgehead atoms. The summed E-state index contributed by atoms with van der Waals surface area (Å²) in [6.45, 7) is 5.66. The molecular weight excluding hydrogens is 332 g/mol. The van der Waals surface area contributed by atoms with Crippen molar-refractivity contribution in [2.24, 2.45) is 0 Å². The SMILES string of the molecule is CCN(CC)C(=O)COc1ccc(NC(=O)C2CCCO2)cc1Cl. The molecule has 2 amide bonds. The van der Waals surface area contributed by atoms with E-state index >= 15 is 0 Å². The van der Waals surface area contributed by atoms with E-state index in [0.717, 1.165) is 12.8 Å². The lowest BCUT2D eigenvalue weighted by Crippen LogP contribution is -2.34. The Morgan fingerprint density at radius 1 is 1.38 bits per heavy atom. The second-order valence-electron chi connectivity index (χ2n) is 5.49. The molecule has 1 aromatic carbocycles. The number of halogens is 1. The van der Waals surface area contributed by atoms with E-state index in [0.29, 0.717) is 36.2 Å². The number of amides is 2. The fourth-order valence-corrected chi connectivity index (χ4v) is 2.75. The Morgan fingerprint density at radius 2 is 2.12 bits per heavy atom. The highest BCUT2D eigenvalue weighted by molar-refractivity contribution is 6.32. The Bertz CT molecular complexity index is 584. The first-order chi connectivity index (χ1) is 11.5. The number of nitrogens with zero attached hydrogens (tertiary/aromatic N) is 1. The molecule has 1 saturated heterocycles. The number of hydrogen-bond acceptors (Lipinski definition) is 4. The first-order valence-electron chi connectivity index (χ1n) is 8.17. The maximum atomic E-state index is 12.0. The van der Waals surface area contributed by atoms with Crippen LogP contribution in [-0.2, 0) is 14.3 Å². The predicted molar refractivity (Wildman–Crippen MR) is 92.5 cm³/mol. The van der Waals surface area contributed by atoms with E-state index in [1.165, 1.54) is 0 Å². The molecule has 132 valence electrons. The molecule has 0 aliphatic carbocycles. The zero-order valence-corrected chi connectivity index (χ0v) is 14.8. The molecule has 1 aromatic rings. The normalized spacial score (nSPS) is 16.7. The number of hydrogen-bond donors (Lipinski definition) is 1. The first kappa shape index (κ1) is 18.5. The van der Waals surface area contributed by atoms with Gasteiger partial charge in [-0.05, 0) is 44.9 Å². The van der Waals surface area contributed by atoms with E-state index in [-0.39, 0.29) is 18.4 Å². The quantitative estimate of drug-likeness (QED) is 0.817. The number of ether oxygens (including phenoxy) is 2. The Kier molecular flexibility index (Phi) is 6.87. The third-order valence-corrected chi connectivity index (χ3v) is 4.18. The topological polar surface area (TPSA) is 67.9 Å². The highest BCUT2D eigenvalue weighted by Gasteiger charge is 2.23. The number of likely N-dealkylation sites (N-methyl/N-ethyl adjacent to an activating group) is 1. The van der Waals surface area contributed by atoms with Crippen molar-refractivity contribution < 1.29 is 19.1 Å². The summed E-state index contributed by atoms with van der Waals surface area (Å²) in [4.78, 5) is 25.6. The van der Waals surface area contributed by atoms with E-state index in [2.05, 4.69) is 5.32 Å². The predicted octanol–water partition coefficient (Wildman–Crippen LogP) is 2.70. The molecule has 1 aliphatic rings. The third kappa shape index (κ3) is 4.85. The van der Waals surface area contributed by atoms with Gasteiger partial charge in [0.25, 0.3) is 11.8 Å². The van der Waals surface area contributed by atoms with Crippen LogP contribution in [0, 0.1) is 0 Å². The summed E-state index contributed by atoms with van der Waals surface area (Å²) in [6.07, 6.45) is 1.23. The second kappa shape index (κ2) is 8.89. The van der Waals surface area contributed by atoms with Gasteiger partial charge in [-0.25, -0.2) is 0 Å². The number of nitrogens with one attached hydrogen (secondary N) is 1. The van der Waals surface area contributed by atoms with E-state index < -0.39 is 6.10 Å². The zero-order valence-electron chi connectivity index (χ0n) is 14.0. The molecule has 0 aromatic heterocycles. The van der Waals surface area contributed by atoms with Crippen LogP contribution in [0.2, 0.25) is 5.02 Å². The molecule has 1 N–H and O–H groups in total. The van der Waals surface area contributed by atoms with Crippen molar-refractivity contribution >= 4 is 29.1 Å². The highest BCUT2D eigenvalue weighted by atomic mass is 35.5. The third-order valence-electron chi connectivity index (χ3n) is 3.89. The van der Waals surface area contributed by atoms with Gasteiger partial charge in [0.15, 0.2) is 6.61 Å². The molecule has 0 spiro atoms. The van der Waals surface area contributed by atoms with Crippen molar-refractivity contribution in [2.75, 3.05) is 31.6 Å². The van der Waals surface area contributed by atoms with E-state index in [4.69, 9.17) is 21.1 Å². The van der Waals surface area contributed by atoms with Gasteiger partial charge in [-0.15, -0.1) is 0 Å². The summed E-state index contributed by atoms with van der Waals surface area (Å²) >= 11 is 6.17. The molecule has 2 rings (SSSR count). The van der Waals surface area contributed by atoms with Gasteiger partial charge in [0.1, 0.15) is 11.9 Å². The van der Waals surface area contributed by atoms with Crippen molar-refractivity contribution in [3.63, 3.8) is 0 Å². The van der Waals surface area contributed by atoms with Crippen molar-refractivity contribution in [1.29, 1.82) is 0 Å². The average Bonchev–Trinajstić information content (AvgIpc) is 3.10. The fraction of sp³-hybridized carbons (Fsp3) is 0.529. The summed E-state index contributed by atoms with van der Waals surface area (Å²) < 4.78 is 10.8. The van der Waals surface area contributed by atoms with E-state index in [1.54, 1.807) is 23.1 Å². The Morgan fingerprint density at radius 3 is 2.71 bits per heavy atom. The lowest BCUT2D eigenvalue weighted by atomic mass is 10.2. The van der Waals surface area contributed by atoms with E-state index in [1.807, 2.05) is 13.8 Å². The van der Waals surface area contributed by atoms with Gasteiger partial charge >= 0.3 is 0 Å². The summed E-state index contributed by atoms with van der Waals surface area (Å²) in [6, 6.07) is 4.94. The smallest absolute Gasteiger partial charge is 0.260 e. The van der Waals surface area contributed by atoms with Gasteiger partial charge in [-0.1, -0.05) is 11.6 Å². The lowest BCUT2D eigenvalue weighted by molar-refractivity contribution is -0.133. The fourth-order valence-electron chi connectivity index (χ4n) is 2.51. The van der Waals surface area contributed by atoms with Gasteiger partial charge in [-0.2, -0.15) is 0 Å². The van der Waals surface area contributed by atoms with Crippen LogP contribution in [0.1, 0.15) is 26.7 Å². The molecule has 1 fully saturated rings. The van der Waals surface area contributed by atoms with Crippen molar-refractivity contribution in [2.45, 2.75) is 32.8 Å². The Balaban J connectivity index is 1.91. The van der Waals surface area contributed by atoms with Crippen molar-refractivity contribution in [1.82, 2.24) is 4.90 Å². The van der Waals surface area contributed by atoms with Crippen LogP contribution in [0.4, 0.5) is 5.69 Å². The number of rotatable bonds is 7. The summed E-state index contributed by atoms with van der Waals surface area (Å²) in [5, 5.41) is 3.11. The first-order valence-corrected chi connectivity index (χ1v) is 8.55. The monoisotopic (exact) mass is 354 g/mol. The second-order valence-corrected chi connectivity index (χ2v) is 5.90. The molecule has 1 unspecified atom stereocenters. The summed E-state index contributed by atoms with van der Waals surface area (Å²) in [5.41, 5.74) is 0.572. The number of carbonyl (C=O) groups excluding carboxylic acids is 2. The van der Waals surface area contributed by atoms with Gasteiger partial charge in [0.2, 0.25) is 0 Å². The number of benzene rings is 1. The molecule has 7 heteroatoms. The average molecular weight is 355 g/mol. The highest BCUT2D eigenvalue weighted by Crippen LogP contribution is 2.28. The molecule has 0 saturated carbocycles. The number of carbonyl (C=O) groups is 2. The van der Waals surface area contributed by atoms with Crippen molar-refractivity contribution in [3.05, 3.63) is 23.2 Å². The van der Waals surface area contributed by atoms with Crippen LogP contribution in [0.3, 0.4) is 0 Å².